The highest BCUT2D eigenvalue weighted by Crippen LogP contribution is 2.25. The Morgan fingerprint density at radius 1 is 1.23 bits per heavy atom. The molecule has 0 unspecified atom stereocenters. The van der Waals surface area contributed by atoms with Crippen molar-refractivity contribution >= 4 is 5.97 Å². The normalized spacial score (nSPS) is 19.6. The summed E-state index contributed by atoms with van der Waals surface area (Å²) in [5.74, 6) is -0.0804. The average Bonchev–Trinajstić information content (AvgIpc) is 2.67. The lowest BCUT2D eigenvalue weighted by Gasteiger charge is -2.28. The number of unbranched alkanes of at least 4 members (excludes halogenated alkanes) is 3. The van der Waals surface area contributed by atoms with E-state index in [4.69, 9.17) is 18.9 Å². The van der Waals surface area contributed by atoms with Crippen LogP contribution in [0.4, 0.5) is 0 Å². The van der Waals surface area contributed by atoms with Gasteiger partial charge in [0, 0.05) is 6.07 Å². The molecule has 0 aromatic heterocycles. The number of hydrogen-bond acceptors (Lipinski definition) is 6. The molecule has 0 bridgehead atoms. The zero-order valence-electron chi connectivity index (χ0n) is 15.5. The molecule has 0 saturated carbocycles. The summed E-state index contributed by atoms with van der Waals surface area (Å²) >= 11 is 0. The molecular weight excluding hydrogens is 334 g/mol. The molecule has 0 aliphatic carbocycles. The Bertz CT molecular complexity index is 617. The lowest BCUT2D eigenvalue weighted by molar-refractivity contribution is -0.208. The second-order valence-electron chi connectivity index (χ2n) is 6.27. The van der Waals surface area contributed by atoms with Crippen molar-refractivity contribution in [2.24, 2.45) is 5.92 Å². The lowest BCUT2D eigenvalue weighted by atomic mass is 10.1. The molecule has 0 atom stereocenters. The Morgan fingerprint density at radius 3 is 2.65 bits per heavy atom. The number of nitriles is 1. The van der Waals surface area contributed by atoms with Crippen molar-refractivity contribution in [3.63, 3.8) is 0 Å². The van der Waals surface area contributed by atoms with E-state index in [1.807, 2.05) is 13.0 Å². The first-order valence-corrected chi connectivity index (χ1v) is 9.29. The van der Waals surface area contributed by atoms with Gasteiger partial charge in [0.2, 0.25) is 0 Å². The van der Waals surface area contributed by atoms with Crippen LogP contribution >= 0.6 is 0 Å². The monoisotopic (exact) mass is 361 g/mol. The number of carbonyl (C=O) groups is 1. The minimum atomic E-state index is -0.459. The predicted octanol–water partition coefficient (Wildman–Crippen LogP) is 3.82. The Morgan fingerprint density at radius 2 is 2.00 bits per heavy atom. The number of ether oxygens (including phenoxy) is 4. The molecular formula is C20H27NO5. The van der Waals surface area contributed by atoms with E-state index in [0.29, 0.717) is 36.9 Å². The molecule has 1 aliphatic rings. The first-order valence-electron chi connectivity index (χ1n) is 9.29. The molecule has 0 amide bonds. The van der Waals surface area contributed by atoms with Gasteiger partial charge in [0.25, 0.3) is 0 Å². The standard InChI is InChI=1S/C20H27NO5/c1-3-5-6-7-8-19-24-13-16(14-25-19)20(22)26-17-9-10-18(23-4-2)15(11-17)12-21/h9-11,16,19H,3-8,13-14H2,1-2H3. The summed E-state index contributed by atoms with van der Waals surface area (Å²) in [4.78, 5) is 12.3. The van der Waals surface area contributed by atoms with Crippen LogP contribution in [-0.4, -0.2) is 32.1 Å². The first kappa shape index (κ1) is 20.2. The van der Waals surface area contributed by atoms with Crippen molar-refractivity contribution in [1.29, 1.82) is 5.26 Å². The summed E-state index contributed by atoms with van der Waals surface area (Å²) in [6, 6.07) is 6.79. The highest BCUT2D eigenvalue weighted by molar-refractivity contribution is 5.75. The average molecular weight is 361 g/mol. The molecule has 0 radical (unpaired) electrons. The number of esters is 1. The van der Waals surface area contributed by atoms with E-state index in [1.165, 1.54) is 25.3 Å². The topological polar surface area (TPSA) is 77.8 Å². The highest BCUT2D eigenvalue weighted by Gasteiger charge is 2.29. The quantitative estimate of drug-likeness (QED) is 0.378. The molecule has 0 spiro atoms. The maximum Gasteiger partial charge on any atom is 0.319 e. The van der Waals surface area contributed by atoms with Gasteiger partial charge in [0.15, 0.2) is 6.29 Å². The molecule has 6 nitrogen and oxygen atoms in total. The van der Waals surface area contributed by atoms with E-state index in [-0.39, 0.29) is 6.29 Å². The summed E-state index contributed by atoms with van der Waals surface area (Å²) in [5, 5.41) is 9.18. The molecule has 1 fully saturated rings. The van der Waals surface area contributed by atoms with E-state index in [2.05, 4.69) is 6.92 Å². The smallest absolute Gasteiger partial charge is 0.319 e. The third-order valence-electron chi connectivity index (χ3n) is 4.18. The van der Waals surface area contributed by atoms with E-state index in [9.17, 15) is 10.1 Å². The predicted molar refractivity (Wildman–Crippen MR) is 95.9 cm³/mol. The van der Waals surface area contributed by atoms with Gasteiger partial charge in [-0.3, -0.25) is 4.79 Å². The maximum absolute atomic E-state index is 12.3. The fraction of sp³-hybridized carbons (Fsp3) is 0.600. The van der Waals surface area contributed by atoms with Gasteiger partial charge in [-0.1, -0.05) is 26.2 Å². The first-order chi connectivity index (χ1) is 12.7. The van der Waals surface area contributed by atoms with Gasteiger partial charge < -0.3 is 18.9 Å². The van der Waals surface area contributed by atoms with E-state index >= 15 is 0 Å². The molecule has 1 aromatic carbocycles. The van der Waals surface area contributed by atoms with Crippen LogP contribution in [-0.2, 0) is 14.3 Å². The Balaban J connectivity index is 1.81. The summed E-state index contributed by atoms with van der Waals surface area (Å²) in [5.41, 5.74) is 0.334. The summed E-state index contributed by atoms with van der Waals surface area (Å²) in [7, 11) is 0. The number of carbonyl (C=O) groups excluding carboxylic acids is 1. The van der Waals surface area contributed by atoms with Crippen molar-refractivity contribution in [2.45, 2.75) is 52.2 Å². The van der Waals surface area contributed by atoms with Gasteiger partial charge >= 0.3 is 5.97 Å². The molecule has 0 N–H and O–H groups in total. The van der Waals surface area contributed by atoms with Crippen LogP contribution in [0.1, 0.15) is 51.5 Å². The molecule has 1 aliphatic heterocycles. The summed E-state index contributed by atoms with van der Waals surface area (Å²) in [6.07, 6.45) is 5.27. The minimum absolute atomic E-state index is 0.230. The van der Waals surface area contributed by atoms with Crippen LogP contribution in [0.3, 0.4) is 0 Å². The van der Waals surface area contributed by atoms with Crippen LogP contribution < -0.4 is 9.47 Å². The Hall–Kier alpha value is -2.10. The van der Waals surface area contributed by atoms with Crippen molar-refractivity contribution in [2.75, 3.05) is 19.8 Å². The molecule has 1 aromatic rings. The van der Waals surface area contributed by atoms with Gasteiger partial charge in [0.1, 0.15) is 23.5 Å². The minimum Gasteiger partial charge on any atom is -0.492 e. The van der Waals surface area contributed by atoms with Crippen molar-refractivity contribution < 1.29 is 23.7 Å². The van der Waals surface area contributed by atoms with Crippen LogP contribution in [0.5, 0.6) is 11.5 Å². The van der Waals surface area contributed by atoms with Gasteiger partial charge in [-0.25, -0.2) is 0 Å². The van der Waals surface area contributed by atoms with Crippen molar-refractivity contribution in [3.8, 4) is 17.6 Å². The van der Waals surface area contributed by atoms with Crippen LogP contribution in [0.15, 0.2) is 18.2 Å². The lowest BCUT2D eigenvalue weighted by Crippen LogP contribution is -2.38. The molecule has 142 valence electrons. The fourth-order valence-electron chi connectivity index (χ4n) is 2.72. The number of rotatable bonds is 9. The van der Waals surface area contributed by atoms with Gasteiger partial charge in [-0.15, -0.1) is 0 Å². The molecule has 6 heteroatoms. The van der Waals surface area contributed by atoms with Gasteiger partial charge in [0.05, 0.1) is 25.4 Å². The van der Waals surface area contributed by atoms with Crippen LogP contribution in [0.2, 0.25) is 0 Å². The number of nitrogens with zero attached hydrogens (tertiary/aromatic N) is 1. The molecule has 26 heavy (non-hydrogen) atoms. The Kier molecular flexibility index (Phi) is 8.39. The SMILES string of the molecule is CCCCCCC1OCC(C(=O)Oc2ccc(OCC)c(C#N)c2)CO1. The zero-order chi connectivity index (χ0) is 18.8. The fourth-order valence-corrected chi connectivity index (χ4v) is 2.72. The zero-order valence-corrected chi connectivity index (χ0v) is 15.5. The largest absolute Gasteiger partial charge is 0.492 e. The number of hydrogen-bond donors (Lipinski definition) is 0. The van der Waals surface area contributed by atoms with E-state index in [1.54, 1.807) is 12.1 Å². The summed E-state index contributed by atoms with van der Waals surface area (Å²) in [6.45, 7) is 5.06. The van der Waals surface area contributed by atoms with Gasteiger partial charge in [-0.05, 0) is 31.9 Å². The van der Waals surface area contributed by atoms with Crippen LogP contribution in [0, 0.1) is 17.2 Å². The van der Waals surface area contributed by atoms with Gasteiger partial charge in [-0.2, -0.15) is 5.26 Å². The number of benzene rings is 1. The second-order valence-corrected chi connectivity index (χ2v) is 6.27. The molecule has 1 saturated heterocycles. The van der Waals surface area contributed by atoms with E-state index in [0.717, 1.165) is 12.8 Å². The third kappa shape index (κ3) is 6.01. The van der Waals surface area contributed by atoms with Crippen molar-refractivity contribution in [3.05, 3.63) is 23.8 Å². The highest BCUT2D eigenvalue weighted by atomic mass is 16.7. The second kappa shape index (κ2) is 10.8. The van der Waals surface area contributed by atoms with Crippen LogP contribution in [0.25, 0.3) is 0 Å². The maximum atomic E-state index is 12.3. The third-order valence-corrected chi connectivity index (χ3v) is 4.18. The molecule has 1 heterocycles. The van der Waals surface area contributed by atoms with Crippen molar-refractivity contribution in [1.82, 2.24) is 0 Å². The molecule has 2 rings (SSSR count). The summed E-state index contributed by atoms with van der Waals surface area (Å²) < 4.78 is 22.0. The van der Waals surface area contributed by atoms with E-state index < -0.39 is 11.9 Å². The Labute approximate surface area is 155 Å².